The van der Waals surface area contributed by atoms with Crippen LogP contribution in [0, 0.1) is 5.92 Å². The van der Waals surface area contributed by atoms with Gasteiger partial charge in [0.15, 0.2) is 0 Å². The van der Waals surface area contributed by atoms with Crippen LogP contribution < -0.4 is 0 Å². The summed E-state index contributed by atoms with van der Waals surface area (Å²) in [6, 6.07) is 0. The number of nitrogens with zero attached hydrogens (tertiary/aromatic N) is 2. The summed E-state index contributed by atoms with van der Waals surface area (Å²) in [7, 11) is 1.57. The molecule has 1 fully saturated rings. The number of hydrogen-bond donors (Lipinski definition) is 0. The zero-order chi connectivity index (χ0) is 10.7. The van der Waals surface area contributed by atoms with E-state index in [2.05, 4.69) is 4.99 Å². The highest BCUT2D eigenvalue weighted by atomic mass is 16.7. The summed E-state index contributed by atoms with van der Waals surface area (Å²) in [4.78, 5) is 31.4. The lowest BCUT2D eigenvalue weighted by atomic mass is 10.2. The number of amides is 2. The molecule has 1 aliphatic heterocycles. The molecule has 0 aromatic rings. The van der Waals surface area contributed by atoms with Crippen LogP contribution in [0.5, 0.6) is 0 Å². The van der Waals surface area contributed by atoms with E-state index in [1.807, 2.05) is 13.8 Å². The van der Waals surface area contributed by atoms with E-state index in [4.69, 9.17) is 4.84 Å². The Kier molecular flexibility index (Phi) is 3.22. The number of hydrogen-bond acceptors (Lipinski definition) is 4. The van der Waals surface area contributed by atoms with Gasteiger partial charge in [-0.15, -0.1) is 5.06 Å². The molecule has 5 heteroatoms. The molecule has 14 heavy (non-hydrogen) atoms. The van der Waals surface area contributed by atoms with Gasteiger partial charge in [-0.05, 0) is 0 Å². The molecule has 0 atom stereocenters. The van der Waals surface area contributed by atoms with Crippen LogP contribution in [0.1, 0.15) is 26.7 Å². The summed E-state index contributed by atoms with van der Waals surface area (Å²) in [6.45, 7) is 3.76. The molecule has 0 aromatic heterocycles. The van der Waals surface area contributed by atoms with Crippen LogP contribution >= 0.6 is 0 Å². The van der Waals surface area contributed by atoms with Crippen LogP contribution in [0.15, 0.2) is 4.99 Å². The highest BCUT2D eigenvalue weighted by Gasteiger charge is 2.32. The summed E-state index contributed by atoms with van der Waals surface area (Å²) in [5.41, 5.74) is 0. The predicted molar refractivity (Wildman–Crippen MR) is 50.4 cm³/mol. The van der Waals surface area contributed by atoms with Crippen LogP contribution in [0.3, 0.4) is 0 Å². The Bertz CT molecular complexity index is 268. The summed E-state index contributed by atoms with van der Waals surface area (Å²) in [6.07, 6.45) is 0.460. The van der Waals surface area contributed by atoms with E-state index in [-0.39, 0.29) is 30.6 Å². The van der Waals surface area contributed by atoms with Crippen LogP contribution in [-0.2, 0) is 14.4 Å². The maximum atomic E-state index is 11.2. The van der Waals surface area contributed by atoms with Crippen molar-refractivity contribution in [3.8, 4) is 0 Å². The largest absolute Gasteiger partial charge is 0.353 e. The average Bonchev–Trinajstić information content (AvgIpc) is 2.43. The number of carbonyl (C=O) groups is 2. The molecule has 1 saturated heterocycles. The molecule has 0 bridgehead atoms. The van der Waals surface area contributed by atoms with E-state index in [0.29, 0.717) is 5.90 Å². The molecule has 0 spiro atoms. The van der Waals surface area contributed by atoms with Crippen molar-refractivity contribution in [1.29, 1.82) is 0 Å². The second-order valence-electron chi connectivity index (χ2n) is 3.39. The zero-order valence-corrected chi connectivity index (χ0v) is 8.61. The normalized spacial score (nSPS) is 18.3. The molecule has 0 saturated carbocycles. The first kappa shape index (κ1) is 10.7. The predicted octanol–water partition coefficient (Wildman–Crippen LogP) is 0.751. The number of imide groups is 1. The molecule has 0 unspecified atom stereocenters. The van der Waals surface area contributed by atoms with Crippen LogP contribution in [0.2, 0.25) is 0 Å². The van der Waals surface area contributed by atoms with Gasteiger partial charge in [0, 0.05) is 25.8 Å². The van der Waals surface area contributed by atoms with E-state index < -0.39 is 0 Å². The monoisotopic (exact) mass is 198 g/mol. The molecule has 2 amide bonds. The second-order valence-corrected chi connectivity index (χ2v) is 3.39. The maximum Gasteiger partial charge on any atom is 0.263 e. The van der Waals surface area contributed by atoms with E-state index in [0.717, 1.165) is 5.06 Å². The molecule has 78 valence electrons. The molecule has 0 radical (unpaired) electrons. The highest BCUT2D eigenvalue weighted by Crippen LogP contribution is 2.14. The smallest absolute Gasteiger partial charge is 0.263 e. The van der Waals surface area contributed by atoms with Gasteiger partial charge in [0.25, 0.3) is 11.8 Å². The summed E-state index contributed by atoms with van der Waals surface area (Å²) < 4.78 is 0. The summed E-state index contributed by atoms with van der Waals surface area (Å²) >= 11 is 0. The van der Waals surface area contributed by atoms with Crippen molar-refractivity contribution in [3.63, 3.8) is 0 Å². The van der Waals surface area contributed by atoms with Gasteiger partial charge in [-0.2, -0.15) is 0 Å². The Morgan fingerprint density at radius 1 is 1.36 bits per heavy atom. The first-order valence-electron chi connectivity index (χ1n) is 4.56. The van der Waals surface area contributed by atoms with Gasteiger partial charge in [-0.25, -0.2) is 0 Å². The number of carbonyl (C=O) groups excluding carboxylic acids is 2. The van der Waals surface area contributed by atoms with Crippen molar-refractivity contribution in [1.82, 2.24) is 5.06 Å². The Balaban J connectivity index is 2.67. The van der Waals surface area contributed by atoms with Crippen LogP contribution in [-0.4, -0.2) is 29.8 Å². The van der Waals surface area contributed by atoms with Gasteiger partial charge >= 0.3 is 0 Å². The van der Waals surface area contributed by atoms with Crippen molar-refractivity contribution in [2.24, 2.45) is 10.9 Å². The number of rotatable bonds is 2. The molecule has 1 rings (SSSR count). The van der Waals surface area contributed by atoms with Gasteiger partial charge in [0.05, 0.1) is 0 Å². The lowest BCUT2D eigenvalue weighted by Gasteiger charge is -2.17. The molecule has 0 aliphatic carbocycles. The fraction of sp³-hybridized carbons (Fsp3) is 0.667. The minimum atomic E-state index is -0.295. The van der Waals surface area contributed by atoms with Crippen molar-refractivity contribution < 1.29 is 14.4 Å². The summed E-state index contributed by atoms with van der Waals surface area (Å²) in [5.74, 6) is -0.136. The molecular formula is C9H14N2O3. The SMILES string of the molecule is CN=C(ON1C(=O)CCC1=O)C(C)C. The van der Waals surface area contributed by atoms with E-state index in [1.165, 1.54) is 0 Å². The van der Waals surface area contributed by atoms with Gasteiger partial charge < -0.3 is 4.84 Å². The third kappa shape index (κ3) is 2.10. The van der Waals surface area contributed by atoms with Crippen molar-refractivity contribution in [2.45, 2.75) is 26.7 Å². The van der Waals surface area contributed by atoms with Crippen molar-refractivity contribution in [3.05, 3.63) is 0 Å². The van der Waals surface area contributed by atoms with E-state index in [9.17, 15) is 9.59 Å². The van der Waals surface area contributed by atoms with Crippen LogP contribution in [0.25, 0.3) is 0 Å². The second kappa shape index (κ2) is 4.21. The lowest BCUT2D eigenvalue weighted by Crippen LogP contribution is -2.33. The fourth-order valence-electron chi connectivity index (χ4n) is 1.16. The third-order valence-corrected chi connectivity index (χ3v) is 1.90. The maximum absolute atomic E-state index is 11.2. The first-order valence-corrected chi connectivity index (χ1v) is 4.56. The van der Waals surface area contributed by atoms with Crippen LogP contribution in [0.4, 0.5) is 0 Å². The third-order valence-electron chi connectivity index (χ3n) is 1.90. The fourth-order valence-corrected chi connectivity index (χ4v) is 1.16. The van der Waals surface area contributed by atoms with Crippen molar-refractivity contribution in [2.75, 3.05) is 7.05 Å². The Labute approximate surface area is 82.7 Å². The van der Waals surface area contributed by atoms with Gasteiger partial charge in [-0.1, -0.05) is 13.8 Å². The van der Waals surface area contributed by atoms with Gasteiger partial charge in [0.2, 0.25) is 5.90 Å². The molecular weight excluding hydrogens is 184 g/mol. The minimum absolute atomic E-state index is 0.0567. The zero-order valence-electron chi connectivity index (χ0n) is 8.61. The van der Waals surface area contributed by atoms with E-state index >= 15 is 0 Å². The standard InChI is InChI=1S/C9H14N2O3/c1-6(2)9(10-3)14-11-7(12)4-5-8(11)13/h6H,4-5H2,1-3H3. The first-order chi connectivity index (χ1) is 6.56. The number of hydroxylamine groups is 2. The Morgan fingerprint density at radius 3 is 2.21 bits per heavy atom. The topological polar surface area (TPSA) is 59.0 Å². The quantitative estimate of drug-likeness (QED) is 0.374. The summed E-state index contributed by atoms with van der Waals surface area (Å²) in [5, 5.41) is 0.808. The highest BCUT2D eigenvalue weighted by molar-refractivity contribution is 6.01. The number of aliphatic imine (C=N–C) groups is 1. The van der Waals surface area contributed by atoms with Gasteiger partial charge in [0.1, 0.15) is 0 Å². The van der Waals surface area contributed by atoms with Gasteiger partial charge in [-0.3, -0.25) is 14.6 Å². The molecule has 1 heterocycles. The lowest BCUT2D eigenvalue weighted by molar-refractivity contribution is -0.168. The molecule has 0 aromatic carbocycles. The minimum Gasteiger partial charge on any atom is -0.353 e. The molecule has 0 N–H and O–H groups in total. The Morgan fingerprint density at radius 2 is 1.86 bits per heavy atom. The average molecular weight is 198 g/mol. The molecule has 5 nitrogen and oxygen atoms in total. The van der Waals surface area contributed by atoms with E-state index in [1.54, 1.807) is 7.05 Å². The molecule has 1 aliphatic rings. The Hall–Kier alpha value is -1.39. The van der Waals surface area contributed by atoms with Crippen molar-refractivity contribution >= 4 is 17.7 Å².